The van der Waals surface area contributed by atoms with Crippen LogP contribution in [0.3, 0.4) is 0 Å². The first kappa shape index (κ1) is 73.9. The Morgan fingerprint density at radius 3 is 0.577 bits per heavy atom. The van der Waals surface area contributed by atoms with Gasteiger partial charge in [0, 0.05) is 49.4 Å². The molecule has 24 aromatic rings. The summed E-state index contributed by atoms with van der Waals surface area (Å²) in [6.07, 6.45) is 0. The second-order valence-corrected chi connectivity index (χ2v) is 33.8. The highest BCUT2D eigenvalue weighted by molar-refractivity contribution is 6.25. The van der Waals surface area contributed by atoms with Crippen LogP contribution in [0.5, 0.6) is 0 Å². The van der Waals surface area contributed by atoms with Crippen LogP contribution in [0.15, 0.2) is 437 Å². The van der Waals surface area contributed by atoms with Crippen molar-refractivity contribution < 1.29 is 0 Å². The van der Waals surface area contributed by atoms with E-state index < -0.39 is 0 Å². The summed E-state index contributed by atoms with van der Waals surface area (Å²) in [6.45, 7) is 11.1. The molecule has 0 saturated heterocycles. The number of benzene rings is 21. The van der Waals surface area contributed by atoms with E-state index in [0.29, 0.717) is 0 Å². The zero-order valence-electron chi connectivity index (χ0n) is 69.4. The van der Waals surface area contributed by atoms with Gasteiger partial charge in [-0.1, -0.05) is 396 Å². The molecule has 0 aliphatic carbocycles. The number of hydrogen-bond donors (Lipinski definition) is 0. The molecule has 582 valence electrons. The van der Waals surface area contributed by atoms with Gasteiger partial charge in [-0.3, -0.25) is 0 Å². The maximum Gasteiger partial charge on any atom is 0.0541 e. The van der Waals surface area contributed by atoms with Gasteiger partial charge in [0.2, 0.25) is 0 Å². The molecule has 0 bridgehead atoms. The van der Waals surface area contributed by atoms with Gasteiger partial charge in [-0.15, -0.1) is 0 Å². The van der Waals surface area contributed by atoms with E-state index in [4.69, 9.17) is 0 Å². The van der Waals surface area contributed by atoms with Crippen LogP contribution in [-0.2, 0) is 5.41 Å². The summed E-state index contributed by atoms with van der Waals surface area (Å²) in [5.41, 5.74) is 30.1. The minimum Gasteiger partial charge on any atom is -0.309 e. The van der Waals surface area contributed by atoms with Crippen LogP contribution in [0.25, 0.3) is 214 Å². The molecule has 0 N–H and O–H groups in total. The van der Waals surface area contributed by atoms with E-state index in [2.05, 4.69) is 485 Å². The van der Waals surface area contributed by atoms with Gasteiger partial charge in [0.1, 0.15) is 0 Å². The number of rotatable bonds is 9. The van der Waals surface area contributed by atoms with E-state index >= 15 is 0 Å². The molecule has 3 aromatic heterocycles. The van der Waals surface area contributed by atoms with Crippen molar-refractivity contribution in [2.24, 2.45) is 0 Å². The van der Waals surface area contributed by atoms with Gasteiger partial charge in [0.25, 0.3) is 0 Å². The fourth-order valence-corrected chi connectivity index (χ4v) is 19.9. The van der Waals surface area contributed by atoms with Crippen molar-refractivity contribution in [3.05, 3.63) is 453 Å². The summed E-state index contributed by atoms with van der Waals surface area (Å²) >= 11 is 0. The first-order valence-electron chi connectivity index (χ1n) is 42.9. The average molecular weight is 1570 g/mol. The van der Waals surface area contributed by atoms with E-state index in [9.17, 15) is 0 Å². The van der Waals surface area contributed by atoms with Crippen LogP contribution in [0.1, 0.15) is 37.5 Å². The average Bonchev–Trinajstić information content (AvgIpc) is 1.31. The fourth-order valence-electron chi connectivity index (χ4n) is 19.9. The van der Waals surface area contributed by atoms with Gasteiger partial charge < -0.3 is 13.7 Å². The Morgan fingerprint density at radius 2 is 0.350 bits per heavy atom. The van der Waals surface area contributed by atoms with Crippen LogP contribution < -0.4 is 0 Å². The highest BCUT2D eigenvalue weighted by Crippen LogP contribution is 2.50. The molecular weight excluding hydrogens is 1480 g/mol. The molecule has 0 spiro atoms. The Kier molecular flexibility index (Phi) is 18.3. The van der Waals surface area contributed by atoms with Gasteiger partial charge in [-0.05, 0) is 229 Å². The first-order valence-corrected chi connectivity index (χ1v) is 42.9. The monoisotopic (exact) mass is 1570 g/mol. The number of hydrogen-bond acceptors (Lipinski definition) is 0. The van der Waals surface area contributed by atoms with Crippen LogP contribution in [0.4, 0.5) is 0 Å². The number of aryl methyl sites for hydroxylation is 2. The van der Waals surface area contributed by atoms with Crippen molar-refractivity contribution in [3.63, 3.8) is 0 Å². The van der Waals surface area contributed by atoms with Crippen LogP contribution in [0.2, 0.25) is 0 Å². The fraction of sp³-hybridized carbons (Fsp3) is 0.0500. The number of aromatic nitrogens is 3. The van der Waals surface area contributed by atoms with Crippen molar-refractivity contribution >= 4 is 130 Å². The predicted octanol–water partition coefficient (Wildman–Crippen LogP) is 33.2. The molecule has 24 rings (SSSR count). The molecule has 21 aromatic carbocycles. The highest BCUT2D eigenvalue weighted by Gasteiger charge is 2.24. The maximum atomic E-state index is 2.41. The van der Waals surface area contributed by atoms with Crippen molar-refractivity contribution in [1.29, 1.82) is 0 Å². The van der Waals surface area contributed by atoms with Gasteiger partial charge in [-0.2, -0.15) is 0 Å². The standard InChI is InChI=1S/C42H33N.2C39H27N/c1-42(2,3)30-25-23-28(24-26-30)40-34-17-4-6-19-36(34)41(37-20-7-5-18-35(37)40)29-13-12-14-31(27-29)43-38-21-10-8-15-32(38)33-16-9-11-22-39(33)43;1-26-12-10-13-27(24-26)38-32-18-2-4-20-34(32)39(35-21-5-3-19-33(35)38)28-14-11-15-29(25-28)40-36-22-8-6-16-30(36)31-17-7-9-23-37(31)40;1-26-21-23-27(24-22-26)38-32-15-2-4-17-34(32)39(35-18-5-3-16-33(35)38)28-11-10-12-29(25-28)40-36-19-8-6-13-30(36)31-14-7-9-20-37(31)40/h4-27H,1-3H3;2*2-25H,1H3. The molecular formula is C120H87N3. The molecule has 123 heavy (non-hydrogen) atoms. The molecule has 3 heteroatoms. The van der Waals surface area contributed by atoms with Crippen LogP contribution in [0, 0.1) is 13.8 Å². The normalized spacial score (nSPS) is 11.8. The maximum absolute atomic E-state index is 2.41. The van der Waals surface area contributed by atoms with Crippen LogP contribution in [-0.4, -0.2) is 13.7 Å². The summed E-state index contributed by atoms with van der Waals surface area (Å²) in [5, 5.41) is 23.0. The molecule has 0 aliphatic heterocycles. The minimum absolute atomic E-state index is 0.119. The third-order valence-electron chi connectivity index (χ3n) is 25.4. The number of fused-ring (bicyclic) bond motifs is 15. The Bertz CT molecular complexity index is 7970. The molecule has 0 aliphatic rings. The van der Waals surface area contributed by atoms with Crippen molar-refractivity contribution in [2.45, 2.75) is 40.0 Å². The Labute approximate surface area is 716 Å². The lowest BCUT2D eigenvalue weighted by Gasteiger charge is -2.21. The quantitative estimate of drug-likeness (QED) is 0.128. The molecule has 0 atom stereocenters. The molecule has 0 radical (unpaired) electrons. The Morgan fingerprint density at radius 1 is 0.154 bits per heavy atom. The summed E-state index contributed by atoms with van der Waals surface area (Å²) in [6, 6.07) is 160. The number of para-hydroxylation sites is 6. The van der Waals surface area contributed by atoms with Crippen molar-refractivity contribution in [2.75, 3.05) is 0 Å². The summed E-state index contributed by atoms with van der Waals surface area (Å²) in [7, 11) is 0. The molecule has 0 saturated carbocycles. The zero-order valence-corrected chi connectivity index (χ0v) is 69.4. The minimum atomic E-state index is 0.119. The molecule has 0 unspecified atom stereocenters. The highest BCUT2D eigenvalue weighted by atomic mass is 15.0. The van der Waals surface area contributed by atoms with E-state index in [1.807, 2.05) is 0 Å². The van der Waals surface area contributed by atoms with Crippen molar-refractivity contribution in [3.8, 4) is 83.8 Å². The molecule has 3 heterocycles. The second kappa shape index (κ2) is 30.4. The molecule has 0 fully saturated rings. The molecule has 3 nitrogen and oxygen atoms in total. The third kappa shape index (κ3) is 12.7. The number of nitrogens with zero attached hydrogens (tertiary/aromatic N) is 3. The van der Waals surface area contributed by atoms with Gasteiger partial charge >= 0.3 is 0 Å². The first-order chi connectivity index (χ1) is 60.5. The smallest absolute Gasteiger partial charge is 0.0541 e. The lowest BCUT2D eigenvalue weighted by atomic mass is 9.83. The van der Waals surface area contributed by atoms with E-state index in [-0.39, 0.29) is 5.41 Å². The Hall–Kier alpha value is -15.4. The largest absolute Gasteiger partial charge is 0.309 e. The van der Waals surface area contributed by atoms with Crippen molar-refractivity contribution in [1.82, 2.24) is 13.7 Å². The van der Waals surface area contributed by atoms with E-state index in [0.717, 1.165) is 0 Å². The summed E-state index contributed by atoms with van der Waals surface area (Å²) in [5.74, 6) is 0. The van der Waals surface area contributed by atoms with E-state index in [1.165, 1.54) is 231 Å². The van der Waals surface area contributed by atoms with E-state index in [1.54, 1.807) is 0 Å². The lowest BCUT2D eigenvalue weighted by Crippen LogP contribution is -2.10. The van der Waals surface area contributed by atoms with Gasteiger partial charge in [0.05, 0.1) is 33.1 Å². The zero-order chi connectivity index (χ0) is 82.4. The Balaban J connectivity index is 0.000000110. The molecule has 0 amide bonds. The summed E-state index contributed by atoms with van der Waals surface area (Å²) in [4.78, 5) is 0. The second-order valence-electron chi connectivity index (χ2n) is 33.8. The summed E-state index contributed by atoms with van der Waals surface area (Å²) < 4.78 is 7.21. The third-order valence-corrected chi connectivity index (χ3v) is 25.4. The SMILES string of the molecule is CC(C)(C)c1ccc(-c2c3ccccc3c(-c3cccc(-n4c5ccccc5c5ccccc54)c3)c3ccccc23)cc1.Cc1ccc(-c2c3ccccc3c(-c3cccc(-n4c5ccccc5c5ccccc54)c3)c3ccccc23)cc1.Cc1cccc(-c2c3ccccc3c(-c3cccc(-n4c5ccccc5c5ccccc54)c3)c3ccccc23)c1. The van der Waals surface area contributed by atoms with Gasteiger partial charge in [-0.25, -0.2) is 0 Å². The predicted molar refractivity (Wildman–Crippen MR) is 528 cm³/mol. The van der Waals surface area contributed by atoms with Crippen LogP contribution >= 0.6 is 0 Å². The topological polar surface area (TPSA) is 14.8 Å². The van der Waals surface area contributed by atoms with Gasteiger partial charge in [0.15, 0.2) is 0 Å². The lowest BCUT2D eigenvalue weighted by molar-refractivity contribution is 0.590.